The van der Waals surface area contributed by atoms with Crippen molar-refractivity contribution in [3.05, 3.63) is 46.8 Å². The number of carbonyl (C=O) groups is 2. The number of aryl methyl sites for hydroxylation is 1. The Kier molecular flexibility index (Phi) is 3.33. The molecule has 0 bridgehead atoms. The van der Waals surface area contributed by atoms with E-state index in [0.29, 0.717) is 16.9 Å². The van der Waals surface area contributed by atoms with Crippen molar-refractivity contribution in [1.82, 2.24) is 9.78 Å². The van der Waals surface area contributed by atoms with Crippen LogP contribution in [0.3, 0.4) is 0 Å². The summed E-state index contributed by atoms with van der Waals surface area (Å²) in [6.45, 7) is 1.52. The van der Waals surface area contributed by atoms with Crippen molar-refractivity contribution in [1.29, 1.82) is 0 Å². The molecular weight excluding hydrogens is 266 g/mol. The summed E-state index contributed by atoms with van der Waals surface area (Å²) in [7, 11) is 1.88. The van der Waals surface area contributed by atoms with Gasteiger partial charge < -0.3 is 5.32 Å². The lowest BCUT2D eigenvalue weighted by Gasteiger charge is -2.05. The van der Waals surface area contributed by atoms with Crippen LogP contribution in [0.1, 0.15) is 45.4 Å². The molecule has 0 unspecified atom stereocenters. The molecule has 1 aliphatic carbocycles. The van der Waals surface area contributed by atoms with E-state index in [1.807, 2.05) is 7.05 Å². The van der Waals surface area contributed by atoms with Crippen LogP contribution < -0.4 is 5.32 Å². The SMILES string of the molecule is CC(=O)c1ccc(NC(=O)c2nn(C)c3c2CCC3)cc1. The van der Waals surface area contributed by atoms with Crippen molar-refractivity contribution in [2.45, 2.75) is 26.2 Å². The average Bonchev–Trinajstić information content (AvgIpc) is 3.04. The minimum atomic E-state index is -0.190. The Bertz CT molecular complexity index is 714. The normalized spacial score (nSPS) is 13.0. The summed E-state index contributed by atoms with van der Waals surface area (Å²) in [6, 6.07) is 6.89. The van der Waals surface area contributed by atoms with Gasteiger partial charge in [-0.3, -0.25) is 14.3 Å². The Morgan fingerprint density at radius 2 is 1.90 bits per heavy atom. The van der Waals surface area contributed by atoms with Crippen molar-refractivity contribution in [3.8, 4) is 0 Å². The van der Waals surface area contributed by atoms with Crippen LogP contribution in [0.5, 0.6) is 0 Å². The predicted octanol–water partition coefficient (Wildman–Crippen LogP) is 2.36. The second-order valence-corrected chi connectivity index (χ2v) is 5.34. The second kappa shape index (κ2) is 5.16. The molecule has 1 aromatic carbocycles. The Morgan fingerprint density at radius 3 is 2.57 bits per heavy atom. The van der Waals surface area contributed by atoms with Crippen LogP contribution in [0.2, 0.25) is 0 Å². The molecule has 1 heterocycles. The third-order valence-corrected chi connectivity index (χ3v) is 3.88. The van der Waals surface area contributed by atoms with Gasteiger partial charge in [-0.2, -0.15) is 5.10 Å². The lowest BCUT2D eigenvalue weighted by molar-refractivity contribution is 0.101. The molecule has 108 valence electrons. The highest BCUT2D eigenvalue weighted by Gasteiger charge is 2.25. The number of Topliss-reactive ketones (excluding diaryl/α,β-unsaturated/α-hetero) is 1. The van der Waals surface area contributed by atoms with E-state index in [1.54, 1.807) is 28.9 Å². The quantitative estimate of drug-likeness (QED) is 0.879. The fraction of sp³-hybridized carbons (Fsp3) is 0.312. The van der Waals surface area contributed by atoms with Gasteiger partial charge in [0.15, 0.2) is 11.5 Å². The summed E-state index contributed by atoms with van der Waals surface area (Å²) in [5.41, 5.74) is 4.04. The molecule has 3 rings (SSSR count). The fourth-order valence-corrected chi connectivity index (χ4v) is 2.77. The number of amides is 1. The molecule has 21 heavy (non-hydrogen) atoms. The first-order chi connectivity index (χ1) is 10.1. The predicted molar refractivity (Wildman–Crippen MR) is 79.6 cm³/mol. The van der Waals surface area contributed by atoms with Gasteiger partial charge >= 0.3 is 0 Å². The molecule has 0 aliphatic heterocycles. The molecule has 5 nitrogen and oxygen atoms in total. The van der Waals surface area contributed by atoms with Crippen LogP contribution >= 0.6 is 0 Å². The van der Waals surface area contributed by atoms with Gasteiger partial charge in [-0.25, -0.2) is 0 Å². The van der Waals surface area contributed by atoms with Crippen molar-refractivity contribution in [3.63, 3.8) is 0 Å². The Morgan fingerprint density at radius 1 is 1.19 bits per heavy atom. The molecule has 0 saturated heterocycles. The summed E-state index contributed by atoms with van der Waals surface area (Å²) >= 11 is 0. The van der Waals surface area contributed by atoms with Crippen LogP contribution in [0.4, 0.5) is 5.69 Å². The lowest BCUT2D eigenvalue weighted by atomic mass is 10.1. The van der Waals surface area contributed by atoms with Crippen LogP contribution in [0.25, 0.3) is 0 Å². The zero-order chi connectivity index (χ0) is 15.0. The number of nitrogens with zero attached hydrogens (tertiary/aromatic N) is 2. The fourth-order valence-electron chi connectivity index (χ4n) is 2.77. The first kappa shape index (κ1) is 13.5. The number of fused-ring (bicyclic) bond motifs is 1. The number of anilines is 1. The molecule has 0 saturated carbocycles. The topological polar surface area (TPSA) is 64.0 Å². The number of carbonyl (C=O) groups excluding carboxylic acids is 2. The minimum Gasteiger partial charge on any atom is -0.321 e. The molecular formula is C16H17N3O2. The van der Waals surface area contributed by atoms with E-state index < -0.39 is 0 Å². The van der Waals surface area contributed by atoms with E-state index in [0.717, 1.165) is 30.5 Å². The Labute approximate surface area is 123 Å². The third kappa shape index (κ3) is 2.46. The highest BCUT2D eigenvalue weighted by molar-refractivity contribution is 6.04. The summed E-state index contributed by atoms with van der Waals surface area (Å²) in [5, 5.41) is 7.17. The number of rotatable bonds is 3. The molecule has 1 amide bonds. The number of benzene rings is 1. The van der Waals surface area contributed by atoms with Gasteiger partial charge in [-0.1, -0.05) is 0 Å². The maximum Gasteiger partial charge on any atom is 0.276 e. The zero-order valence-electron chi connectivity index (χ0n) is 12.1. The van der Waals surface area contributed by atoms with Crippen LogP contribution in [0, 0.1) is 0 Å². The van der Waals surface area contributed by atoms with Crippen LogP contribution in [0.15, 0.2) is 24.3 Å². The van der Waals surface area contributed by atoms with Crippen molar-refractivity contribution >= 4 is 17.4 Å². The van der Waals surface area contributed by atoms with E-state index in [9.17, 15) is 9.59 Å². The van der Waals surface area contributed by atoms with Gasteiger partial charge in [0.1, 0.15) is 0 Å². The lowest BCUT2D eigenvalue weighted by Crippen LogP contribution is -2.14. The summed E-state index contributed by atoms with van der Waals surface area (Å²) < 4.78 is 1.80. The molecule has 0 fully saturated rings. The maximum atomic E-state index is 12.4. The zero-order valence-corrected chi connectivity index (χ0v) is 12.1. The molecule has 0 radical (unpaired) electrons. The summed E-state index contributed by atoms with van der Waals surface area (Å²) in [6.07, 6.45) is 2.98. The number of hydrogen-bond donors (Lipinski definition) is 1. The third-order valence-electron chi connectivity index (χ3n) is 3.88. The molecule has 5 heteroatoms. The van der Waals surface area contributed by atoms with Crippen molar-refractivity contribution in [2.24, 2.45) is 7.05 Å². The van der Waals surface area contributed by atoms with E-state index in [4.69, 9.17) is 0 Å². The van der Waals surface area contributed by atoms with Gasteiger partial charge in [-0.05, 0) is 50.5 Å². The number of hydrogen-bond acceptors (Lipinski definition) is 3. The maximum absolute atomic E-state index is 12.4. The molecule has 0 atom stereocenters. The second-order valence-electron chi connectivity index (χ2n) is 5.34. The standard InChI is InChI=1S/C16H17N3O2/c1-10(20)11-6-8-12(9-7-11)17-16(21)15-13-4-3-5-14(13)19(2)18-15/h6-9H,3-5H2,1-2H3,(H,17,21). The van der Waals surface area contributed by atoms with E-state index in [-0.39, 0.29) is 11.7 Å². The first-order valence-corrected chi connectivity index (χ1v) is 7.03. The first-order valence-electron chi connectivity index (χ1n) is 7.03. The van der Waals surface area contributed by atoms with Crippen molar-refractivity contribution in [2.75, 3.05) is 5.32 Å². The molecule has 1 N–H and O–H groups in total. The van der Waals surface area contributed by atoms with Crippen molar-refractivity contribution < 1.29 is 9.59 Å². The molecule has 2 aromatic rings. The monoisotopic (exact) mass is 283 g/mol. The van der Waals surface area contributed by atoms with E-state index in [2.05, 4.69) is 10.4 Å². The van der Waals surface area contributed by atoms with Crippen LogP contribution in [-0.2, 0) is 19.9 Å². The summed E-state index contributed by atoms with van der Waals surface area (Å²) in [5.74, 6) is -0.181. The van der Waals surface area contributed by atoms with E-state index >= 15 is 0 Å². The highest BCUT2D eigenvalue weighted by atomic mass is 16.2. The van der Waals surface area contributed by atoms with E-state index in [1.165, 1.54) is 6.92 Å². The highest BCUT2D eigenvalue weighted by Crippen LogP contribution is 2.25. The Hall–Kier alpha value is -2.43. The van der Waals surface area contributed by atoms with Crippen LogP contribution in [-0.4, -0.2) is 21.5 Å². The summed E-state index contributed by atoms with van der Waals surface area (Å²) in [4.78, 5) is 23.6. The number of aromatic nitrogens is 2. The van der Waals surface area contributed by atoms with Gasteiger partial charge in [0.05, 0.1) is 0 Å². The average molecular weight is 283 g/mol. The number of ketones is 1. The molecule has 0 spiro atoms. The minimum absolute atomic E-state index is 0.00965. The largest absolute Gasteiger partial charge is 0.321 e. The van der Waals surface area contributed by atoms with Gasteiger partial charge in [-0.15, -0.1) is 0 Å². The van der Waals surface area contributed by atoms with Gasteiger partial charge in [0.25, 0.3) is 5.91 Å². The smallest absolute Gasteiger partial charge is 0.276 e. The molecule has 1 aliphatic rings. The van der Waals surface area contributed by atoms with Gasteiger partial charge in [0.2, 0.25) is 0 Å². The van der Waals surface area contributed by atoms with Gasteiger partial charge in [0, 0.05) is 29.6 Å². The number of nitrogens with one attached hydrogen (secondary N) is 1. The Balaban J connectivity index is 1.80. The molecule has 1 aromatic heterocycles.